The molecule has 0 spiro atoms. The maximum atomic E-state index is 14.1. The number of amides is 1. The minimum absolute atomic E-state index is 0.0521. The van der Waals surface area contributed by atoms with Crippen molar-refractivity contribution in [1.29, 1.82) is 0 Å². The van der Waals surface area contributed by atoms with Crippen LogP contribution in [0, 0.1) is 11.7 Å². The highest BCUT2D eigenvalue weighted by atomic mass is 35.5. The number of carbonyl (C=O) groups is 1. The Morgan fingerprint density at radius 3 is 2.88 bits per heavy atom. The van der Waals surface area contributed by atoms with Crippen LogP contribution in [0.5, 0.6) is 0 Å². The summed E-state index contributed by atoms with van der Waals surface area (Å²) in [5.74, 6) is -1.51. The molecule has 0 aromatic carbocycles. The molecule has 2 aromatic rings. The highest BCUT2D eigenvalue weighted by Gasteiger charge is 2.38. The number of likely N-dealkylation sites (tertiary alicyclic amines) is 1. The van der Waals surface area contributed by atoms with Crippen LogP contribution in [0.15, 0.2) is 24.7 Å². The first-order chi connectivity index (χ1) is 11.9. The molecule has 0 saturated carbocycles. The molecule has 0 bridgehead atoms. The van der Waals surface area contributed by atoms with E-state index >= 15 is 0 Å². The zero-order valence-electron chi connectivity index (χ0n) is 14.1. The van der Waals surface area contributed by atoms with Crippen molar-refractivity contribution in [2.24, 2.45) is 5.92 Å². The molecule has 0 aliphatic carbocycles. The van der Waals surface area contributed by atoms with Gasteiger partial charge in [-0.25, -0.2) is 9.37 Å². The summed E-state index contributed by atoms with van der Waals surface area (Å²) in [5, 5.41) is 13.9. The van der Waals surface area contributed by atoms with Gasteiger partial charge in [0.25, 0.3) is 5.91 Å². The van der Waals surface area contributed by atoms with Crippen LogP contribution < -0.4 is 0 Å². The summed E-state index contributed by atoms with van der Waals surface area (Å²) in [7, 11) is 0. The van der Waals surface area contributed by atoms with E-state index in [0.717, 1.165) is 5.56 Å². The second-order valence-electron chi connectivity index (χ2n) is 6.56. The average molecular weight is 367 g/mol. The van der Waals surface area contributed by atoms with Crippen LogP contribution in [0.2, 0.25) is 5.02 Å². The molecule has 3 rings (SSSR count). The predicted octanol–water partition coefficient (Wildman–Crippen LogP) is 2.50. The highest BCUT2D eigenvalue weighted by Crippen LogP contribution is 2.33. The van der Waals surface area contributed by atoms with Crippen LogP contribution in [-0.4, -0.2) is 50.4 Å². The summed E-state index contributed by atoms with van der Waals surface area (Å²) < 4.78 is 15.9. The normalized spacial score (nSPS) is 20.5. The lowest BCUT2D eigenvalue weighted by Gasteiger charge is -2.16. The number of aliphatic hydroxyl groups is 1. The van der Waals surface area contributed by atoms with Gasteiger partial charge in [0.05, 0.1) is 11.2 Å². The molecule has 2 aromatic heterocycles. The van der Waals surface area contributed by atoms with Crippen LogP contribution >= 0.6 is 11.6 Å². The highest BCUT2D eigenvalue weighted by molar-refractivity contribution is 6.31. The van der Waals surface area contributed by atoms with Crippen molar-refractivity contribution in [1.82, 2.24) is 19.7 Å². The summed E-state index contributed by atoms with van der Waals surface area (Å²) in [6.45, 7) is 4.70. The maximum absolute atomic E-state index is 14.1. The first-order valence-electron chi connectivity index (χ1n) is 8.16. The predicted molar refractivity (Wildman–Crippen MR) is 91.0 cm³/mol. The molecule has 3 heterocycles. The molecule has 8 heteroatoms. The molecule has 1 N–H and O–H groups in total. The summed E-state index contributed by atoms with van der Waals surface area (Å²) >= 11 is 5.74. The molecule has 0 radical (unpaired) electrons. The van der Waals surface area contributed by atoms with E-state index in [9.17, 15) is 14.3 Å². The van der Waals surface area contributed by atoms with E-state index < -0.39 is 11.7 Å². The third-order valence-electron chi connectivity index (χ3n) is 4.59. The Balaban J connectivity index is 1.83. The number of aromatic nitrogens is 3. The van der Waals surface area contributed by atoms with Gasteiger partial charge in [0, 0.05) is 50.0 Å². The Bertz CT molecular complexity index is 780. The van der Waals surface area contributed by atoms with Crippen LogP contribution in [0.25, 0.3) is 0 Å². The van der Waals surface area contributed by atoms with Crippen molar-refractivity contribution >= 4 is 17.5 Å². The fourth-order valence-corrected chi connectivity index (χ4v) is 3.29. The Kier molecular flexibility index (Phi) is 5.06. The largest absolute Gasteiger partial charge is 0.396 e. The molecule has 25 heavy (non-hydrogen) atoms. The lowest BCUT2D eigenvalue weighted by Crippen LogP contribution is -2.30. The van der Waals surface area contributed by atoms with Gasteiger partial charge in [0.15, 0.2) is 11.5 Å². The Hall–Kier alpha value is -1.99. The monoisotopic (exact) mass is 366 g/mol. The fraction of sp³-hybridized carbons (Fsp3) is 0.471. The van der Waals surface area contributed by atoms with Gasteiger partial charge in [-0.3, -0.25) is 9.48 Å². The number of halogens is 2. The van der Waals surface area contributed by atoms with Gasteiger partial charge in [-0.1, -0.05) is 11.6 Å². The standard InChI is InChI=1S/C17H20ClFN4O2/c1-10(2)23-7-11(5-21-23)13-8-22(6-12(13)9-24)17(25)16-15(19)14(18)3-4-20-16/h3-5,7,10,12-13,24H,6,8-9H2,1-2H3/t12-,13-/m0/s1. The molecule has 1 aliphatic heterocycles. The van der Waals surface area contributed by atoms with Crippen LogP contribution in [0.1, 0.15) is 41.9 Å². The van der Waals surface area contributed by atoms with Gasteiger partial charge in [-0.05, 0) is 25.5 Å². The minimum atomic E-state index is -0.814. The van der Waals surface area contributed by atoms with Crippen molar-refractivity contribution < 1.29 is 14.3 Å². The van der Waals surface area contributed by atoms with Gasteiger partial charge in [0.2, 0.25) is 0 Å². The fourth-order valence-electron chi connectivity index (χ4n) is 3.15. The number of carbonyl (C=O) groups excluding carboxylic acids is 1. The van der Waals surface area contributed by atoms with Crippen molar-refractivity contribution in [3.05, 3.63) is 46.8 Å². The zero-order valence-corrected chi connectivity index (χ0v) is 14.8. The Labute approximate surface area is 150 Å². The number of pyridine rings is 1. The second-order valence-corrected chi connectivity index (χ2v) is 6.97. The quantitative estimate of drug-likeness (QED) is 0.902. The number of hydrogen-bond acceptors (Lipinski definition) is 4. The van der Waals surface area contributed by atoms with Gasteiger partial charge in [-0.15, -0.1) is 0 Å². The Morgan fingerprint density at radius 1 is 1.48 bits per heavy atom. The van der Waals surface area contributed by atoms with E-state index in [0.29, 0.717) is 13.1 Å². The van der Waals surface area contributed by atoms with Gasteiger partial charge in [0.1, 0.15) is 0 Å². The number of hydrogen-bond donors (Lipinski definition) is 1. The van der Waals surface area contributed by atoms with Gasteiger partial charge >= 0.3 is 0 Å². The van der Waals surface area contributed by atoms with Crippen molar-refractivity contribution in [3.63, 3.8) is 0 Å². The molecule has 0 unspecified atom stereocenters. The molecule has 134 valence electrons. The molecule has 1 aliphatic rings. The molecule has 1 saturated heterocycles. The maximum Gasteiger partial charge on any atom is 0.275 e. The van der Waals surface area contributed by atoms with E-state index in [1.807, 2.05) is 24.7 Å². The average Bonchev–Trinajstić information content (AvgIpc) is 3.23. The summed E-state index contributed by atoms with van der Waals surface area (Å²) in [6.07, 6.45) is 5.01. The third kappa shape index (κ3) is 3.39. The summed E-state index contributed by atoms with van der Waals surface area (Å²) in [6, 6.07) is 1.53. The number of rotatable bonds is 4. The molecule has 6 nitrogen and oxygen atoms in total. The van der Waals surface area contributed by atoms with E-state index in [4.69, 9.17) is 11.6 Å². The first-order valence-corrected chi connectivity index (χ1v) is 8.54. The Morgan fingerprint density at radius 2 is 2.24 bits per heavy atom. The van der Waals surface area contributed by atoms with Crippen LogP contribution in [0.4, 0.5) is 4.39 Å². The van der Waals surface area contributed by atoms with E-state index in [1.165, 1.54) is 17.2 Å². The topological polar surface area (TPSA) is 71.2 Å². The van der Waals surface area contributed by atoms with Crippen LogP contribution in [0.3, 0.4) is 0 Å². The minimum Gasteiger partial charge on any atom is -0.396 e. The van der Waals surface area contributed by atoms with Crippen molar-refractivity contribution in [2.75, 3.05) is 19.7 Å². The molecule has 1 fully saturated rings. The molecule has 1 amide bonds. The molecular weight excluding hydrogens is 347 g/mol. The number of nitrogens with zero attached hydrogens (tertiary/aromatic N) is 4. The van der Waals surface area contributed by atoms with Gasteiger partial charge in [-0.2, -0.15) is 5.10 Å². The number of aliphatic hydroxyl groups excluding tert-OH is 1. The zero-order chi connectivity index (χ0) is 18.1. The van der Waals surface area contributed by atoms with E-state index in [2.05, 4.69) is 10.1 Å². The molecular formula is C17H20ClFN4O2. The lowest BCUT2D eigenvalue weighted by atomic mass is 9.92. The SMILES string of the molecule is CC(C)n1cc([C@@H]2CN(C(=O)c3nccc(Cl)c3F)C[C@H]2CO)cn1. The second kappa shape index (κ2) is 7.09. The first kappa shape index (κ1) is 17.8. The smallest absolute Gasteiger partial charge is 0.275 e. The van der Waals surface area contributed by atoms with E-state index in [1.54, 1.807) is 6.20 Å². The van der Waals surface area contributed by atoms with Gasteiger partial charge < -0.3 is 10.0 Å². The van der Waals surface area contributed by atoms with Crippen LogP contribution in [-0.2, 0) is 0 Å². The summed E-state index contributed by atoms with van der Waals surface area (Å²) in [4.78, 5) is 18.0. The van der Waals surface area contributed by atoms with E-state index in [-0.39, 0.29) is 35.2 Å². The lowest BCUT2D eigenvalue weighted by molar-refractivity contribution is 0.0770. The summed E-state index contributed by atoms with van der Waals surface area (Å²) in [5.41, 5.74) is 0.672. The van der Waals surface area contributed by atoms with Crippen molar-refractivity contribution in [3.8, 4) is 0 Å². The van der Waals surface area contributed by atoms with Crippen molar-refractivity contribution in [2.45, 2.75) is 25.8 Å². The molecule has 2 atom stereocenters. The third-order valence-corrected chi connectivity index (χ3v) is 4.88.